The van der Waals surface area contributed by atoms with Gasteiger partial charge in [-0.3, -0.25) is 5.32 Å². The average Bonchev–Trinajstić information content (AvgIpc) is 2.68. The third kappa shape index (κ3) is 4.23. The van der Waals surface area contributed by atoms with Crippen LogP contribution in [0.25, 0.3) is 0 Å². The van der Waals surface area contributed by atoms with Crippen LogP contribution in [0.1, 0.15) is 30.5 Å². The molecule has 2 heterocycles. The molecule has 0 unspecified atom stereocenters. The number of nitrogens with zero attached hydrogens (tertiary/aromatic N) is 1. The summed E-state index contributed by atoms with van der Waals surface area (Å²) in [5.74, 6) is 0.790. The van der Waals surface area contributed by atoms with Crippen LogP contribution in [0.15, 0.2) is 47.5 Å². The molecule has 26 heavy (non-hydrogen) atoms. The largest absolute Gasteiger partial charge is 0.379 e. The van der Waals surface area contributed by atoms with Gasteiger partial charge in [0.05, 0.1) is 13.2 Å². The lowest BCUT2D eigenvalue weighted by atomic mass is 10.0. The Kier molecular flexibility index (Phi) is 5.90. The van der Waals surface area contributed by atoms with Crippen LogP contribution in [0.2, 0.25) is 0 Å². The van der Waals surface area contributed by atoms with E-state index >= 15 is 0 Å². The van der Waals surface area contributed by atoms with Gasteiger partial charge in [0, 0.05) is 19.2 Å². The molecule has 2 N–H and O–H groups in total. The lowest BCUT2D eigenvalue weighted by molar-refractivity contribution is -0.364. The summed E-state index contributed by atoms with van der Waals surface area (Å²) in [5, 5.41) is 3.44. The number of aryl methyl sites for hydroxylation is 1. The molecule has 0 aliphatic carbocycles. The SMILES string of the molecule is CC[C@@H](Nc1ccc(S(=O)(=O)N2CCOCC2)c[nH+]1)c1ccc(C)cc1. The Labute approximate surface area is 155 Å². The van der Waals surface area contributed by atoms with Crippen molar-refractivity contribution in [3.05, 3.63) is 53.7 Å². The molecule has 0 radical (unpaired) electrons. The fraction of sp³-hybridized carbons (Fsp3) is 0.421. The van der Waals surface area contributed by atoms with Gasteiger partial charge < -0.3 is 4.74 Å². The summed E-state index contributed by atoms with van der Waals surface area (Å²) < 4.78 is 32.0. The first-order valence-electron chi connectivity index (χ1n) is 8.93. The van der Waals surface area contributed by atoms with Gasteiger partial charge in [-0.25, -0.2) is 13.4 Å². The van der Waals surface area contributed by atoms with E-state index in [2.05, 4.69) is 48.4 Å². The van der Waals surface area contributed by atoms with Crippen LogP contribution in [-0.2, 0) is 14.8 Å². The highest BCUT2D eigenvalue weighted by atomic mass is 32.2. The molecule has 2 aromatic rings. The maximum Gasteiger partial charge on any atom is 0.272 e. The number of pyridine rings is 1. The second kappa shape index (κ2) is 8.16. The molecular weight excluding hydrogens is 350 g/mol. The molecule has 3 rings (SSSR count). The van der Waals surface area contributed by atoms with Gasteiger partial charge >= 0.3 is 0 Å². The summed E-state index contributed by atoms with van der Waals surface area (Å²) in [6, 6.07) is 12.0. The average molecular weight is 377 g/mol. The molecular formula is C19H26N3O3S+. The topological polar surface area (TPSA) is 72.8 Å². The standard InChI is InChI=1S/C19H25N3O3S/c1-3-18(16-6-4-15(2)5-7-16)21-19-9-8-17(14-20-19)26(23,24)22-10-12-25-13-11-22/h4-9,14,18H,3,10-13H2,1-2H3,(H,20,21)/p+1/t18-/m1/s1. The Balaban J connectivity index is 1.73. The van der Waals surface area contributed by atoms with Gasteiger partial charge in [-0.1, -0.05) is 36.8 Å². The van der Waals surface area contributed by atoms with Crippen LogP contribution in [0.5, 0.6) is 0 Å². The summed E-state index contributed by atoms with van der Waals surface area (Å²) in [4.78, 5) is 3.35. The Hall–Kier alpha value is -1.96. The van der Waals surface area contributed by atoms with Crippen molar-refractivity contribution in [2.75, 3.05) is 31.6 Å². The number of hydrogen-bond acceptors (Lipinski definition) is 4. The number of anilines is 1. The van der Waals surface area contributed by atoms with Crippen LogP contribution < -0.4 is 10.3 Å². The lowest BCUT2D eigenvalue weighted by Gasteiger charge is -2.25. The summed E-state index contributed by atoms with van der Waals surface area (Å²) in [6.07, 6.45) is 2.47. The highest BCUT2D eigenvalue weighted by Crippen LogP contribution is 2.22. The number of morpholine rings is 1. The van der Waals surface area contributed by atoms with Crippen molar-refractivity contribution in [3.63, 3.8) is 0 Å². The van der Waals surface area contributed by atoms with E-state index in [1.807, 2.05) is 0 Å². The molecule has 1 fully saturated rings. The Bertz CT molecular complexity index is 814. The zero-order valence-corrected chi connectivity index (χ0v) is 16.1. The Morgan fingerprint density at radius 3 is 2.42 bits per heavy atom. The van der Waals surface area contributed by atoms with Gasteiger partial charge in [0.15, 0.2) is 0 Å². The second-order valence-electron chi connectivity index (χ2n) is 6.47. The zero-order chi connectivity index (χ0) is 18.6. The fourth-order valence-corrected chi connectivity index (χ4v) is 4.38. The number of benzene rings is 1. The quantitative estimate of drug-likeness (QED) is 0.840. The van der Waals surface area contributed by atoms with Crippen molar-refractivity contribution in [3.8, 4) is 0 Å². The number of sulfonamides is 1. The predicted octanol–water partition coefficient (Wildman–Crippen LogP) is 2.39. The fourth-order valence-electron chi connectivity index (χ4n) is 3.00. The van der Waals surface area contributed by atoms with Crippen molar-refractivity contribution < 1.29 is 18.1 Å². The molecule has 0 amide bonds. The van der Waals surface area contributed by atoms with Gasteiger partial charge in [0.1, 0.15) is 17.1 Å². The van der Waals surface area contributed by atoms with E-state index in [-0.39, 0.29) is 10.9 Å². The lowest BCUT2D eigenvalue weighted by Crippen LogP contribution is -2.40. The first-order chi connectivity index (χ1) is 12.5. The maximum absolute atomic E-state index is 12.7. The van der Waals surface area contributed by atoms with E-state index in [1.165, 1.54) is 15.4 Å². The molecule has 1 saturated heterocycles. The molecule has 7 heteroatoms. The number of ether oxygens (including phenoxy) is 1. The molecule has 1 aliphatic rings. The number of nitrogens with one attached hydrogen (secondary N) is 2. The summed E-state index contributed by atoms with van der Waals surface area (Å²) in [6.45, 7) is 5.87. The summed E-state index contributed by atoms with van der Waals surface area (Å²) in [5.41, 5.74) is 2.43. The van der Waals surface area contributed by atoms with E-state index < -0.39 is 10.0 Å². The minimum absolute atomic E-state index is 0.161. The van der Waals surface area contributed by atoms with Gasteiger partial charge in [-0.15, -0.1) is 0 Å². The number of aromatic nitrogens is 1. The molecule has 0 bridgehead atoms. The smallest absolute Gasteiger partial charge is 0.272 e. The van der Waals surface area contributed by atoms with E-state index in [1.54, 1.807) is 18.3 Å². The van der Waals surface area contributed by atoms with E-state index in [0.29, 0.717) is 26.3 Å². The van der Waals surface area contributed by atoms with E-state index in [0.717, 1.165) is 12.2 Å². The van der Waals surface area contributed by atoms with Crippen molar-refractivity contribution in [1.82, 2.24) is 4.31 Å². The van der Waals surface area contributed by atoms with Gasteiger partial charge in [0.2, 0.25) is 10.0 Å². The molecule has 0 spiro atoms. The normalized spacial score (nSPS) is 17.0. The number of aromatic amines is 1. The van der Waals surface area contributed by atoms with Crippen LogP contribution in [-0.4, -0.2) is 39.0 Å². The Morgan fingerprint density at radius 2 is 1.85 bits per heavy atom. The highest BCUT2D eigenvalue weighted by Gasteiger charge is 2.27. The van der Waals surface area contributed by atoms with Gasteiger partial charge in [0.25, 0.3) is 5.82 Å². The molecule has 0 saturated carbocycles. The monoisotopic (exact) mass is 376 g/mol. The maximum atomic E-state index is 12.7. The van der Waals surface area contributed by atoms with Crippen LogP contribution in [0.4, 0.5) is 5.82 Å². The van der Waals surface area contributed by atoms with Crippen LogP contribution in [0.3, 0.4) is 0 Å². The van der Waals surface area contributed by atoms with Crippen molar-refractivity contribution in [1.29, 1.82) is 0 Å². The second-order valence-corrected chi connectivity index (χ2v) is 8.41. The predicted molar refractivity (Wildman–Crippen MR) is 100 cm³/mol. The highest BCUT2D eigenvalue weighted by molar-refractivity contribution is 7.89. The van der Waals surface area contributed by atoms with Gasteiger partial charge in [-0.2, -0.15) is 4.31 Å². The number of H-pyrrole nitrogens is 1. The molecule has 1 aromatic carbocycles. The first kappa shape index (κ1) is 18.8. The third-order valence-corrected chi connectivity index (χ3v) is 6.50. The Morgan fingerprint density at radius 1 is 1.15 bits per heavy atom. The molecule has 140 valence electrons. The molecule has 6 nitrogen and oxygen atoms in total. The minimum atomic E-state index is -3.48. The van der Waals surface area contributed by atoms with Crippen molar-refractivity contribution in [2.24, 2.45) is 0 Å². The number of hydrogen-bond donors (Lipinski definition) is 1. The van der Waals surface area contributed by atoms with Crippen LogP contribution in [0, 0.1) is 6.92 Å². The van der Waals surface area contributed by atoms with Crippen molar-refractivity contribution >= 4 is 15.8 Å². The minimum Gasteiger partial charge on any atom is -0.379 e. The number of rotatable bonds is 6. The third-order valence-electron chi connectivity index (χ3n) is 4.61. The molecule has 1 atom stereocenters. The molecule has 1 aromatic heterocycles. The summed E-state index contributed by atoms with van der Waals surface area (Å²) >= 11 is 0. The van der Waals surface area contributed by atoms with Crippen molar-refractivity contribution in [2.45, 2.75) is 31.2 Å². The van der Waals surface area contributed by atoms with Crippen LogP contribution >= 0.6 is 0 Å². The first-order valence-corrected chi connectivity index (χ1v) is 10.4. The van der Waals surface area contributed by atoms with Gasteiger partial charge in [-0.05, 0) is 25.0 Å². The zero-order valence-electron chi connectivity index (χ0n) is 15.2. The molecule has 1 aliphatic heterocycles. The summed E-state index contributed by atoms with van der Waals surface area (Å²) in [7, 11) is -3.48. The van der Waals surface area contributed by atoms with E-state index in [9.17, 15) is 8.42 Å². The van der Waals surface area contributed by atoms with E-state index in [4.69, 9.17) is 4.74 Å².